The summed E-state index contributed by atoms with van der Waals surface area (Å²) in [4.78, 5) is 9.55. The fraction of sp³-hybridized carbons (Fsp3) is 1.00. The number of phosphoric acid groups is 1. The molecule has 0 fully saturated rings. The highest BCUT2D eigenvalue weighted by molar-refractivity contribution is 7.47. The van der Waals surface area contributed by atoms with Gasteiger partial charge in [-0.15, -0.1) is 0 Å². The summed E-state index contributed by atoms with van der Waals surface area (Å²) in [5.41, 5.74) is 0. The van der Waals surface area contributed by atoms with Crippen LogP contribution in [0, 0.1) is 0 Å². The van der Waals surface area contributed by atoms with E-state index in [4.69, 9.17) is 22.3 Å². The van der Waals surface area contributed by atoms with Crippen molar-refractivity contribution in [2.75, 3.05) is 75.3 Å². The summed E-state index contributed by atoms with van der Waals surface area (Å²) in [7, 11) is 4.17. The average molecular weight is 389 g/mol. The molecule has 2 N–H and O–H groups in total. The molecule has 1 atom stereocenters. The Morgan fingerprint density at radius 2 is 1.54 bits per heavy atom. The highest BCUT2D eigenvalue weighted by atomic mass is 31.2. The molecule has 24 heavy (non-hydrogen) atoms. The van der Waals surface area contributed by atoms with E-state index in [9.17, 15) is 9.46 Å². The molecule has 0 bridgehead atoms. The minimum absolute atomic E-state index is 0.0968. The minimum atomic E-state index is -3.98. The van der Waals surface area contributed by atoms with Gasteiger partial charge in [-0.1, -0.05) is 0 Å². The topological polar surface area (TPSA) is 95.5 Å². The summed E-state index contributed by atoms with van der Waals surface area (Å²) in [5, 5.41) is 3.12. The maximum absolute atomic E-state index is 11.7. The van der Waals surface area contributed by atoms with Crippen molar-refractivity contribution in [2.45, 2.75) is 12.5 Å². The molecule has 146 valence electrons. The third-order valence-electron chi connectivity index (χ3n) is 3.32. The van der Waals surface area contributed by atoms with E-state index in [1.54, 1.807) is 21.3 Å². The van der Waals surface area contributed by atoms with Crippen LogP contribution >= 0.6 is 7.82 Å². The Morgan fingerprint density at radius 1 is 1.00 bits per heavy atom. The number of phosphoric ester groups is 1. The Bertz CT molecular complexity index is 370. The van der Waals surface area contributed by atoms with Crippen LogP contribution in [0.25, 0.3) is 0 Å². The van der Waals surface area contributed by atoms with E-state index >= 15 is 0 Å². The lowest BCUT2D eigenvalue weighted by Crippen LogP contribution is -2.43. The van der Waals surface area contributed by atoms with Crippen molar-refractivity contribution >= 4 is 16.6 Å². The zero-order valence-corrected chi connectivity index (χ0v) is 17.6. The maximum atomic E-state index is 11.7. The lowest BCUT2D eigenvalue weighted by molar-refractivity contribution is -0.870. The molecule has 0 heterocycles. The normalized spacial score (nSPS) is 15.5. The molecule has 0 aliphatic heterocycles. The van der Waals surface area contributed by atoms with Gasteiger partial charge in [0.05, 0.1) is 27.7 Å². The van der Waals surface area contributed by atoms with Gasteiger partial charge in [-0.2, -0.15) is 0 Å². The smallest absolute Gasteiger partial charge is 0.377 e. The Morgan fingerprint density at radius 3 is 2.04 bits per heavy atom. The SMILES string of the molecule is CO[Si](CCCNCCOP(=O)(O)OCC[N+](C)(C)C)(OC)OC. The van der Waals surface area contributed by atoms with Gasteiger partial charge in [0.2, 0.25) is 0 Å². The van der Waals surface area contributed by atoms with Crippen LogP contribution in [0.5, 0.6) is 0 Å². The van der Waals surface area contributed by atoms with Crippen LogP contribution in [0.2, 0.25) is 6.04 Å². The molecule has 0 aliphatic carbocycles. The van der Waals surface area contributed by atoms with Crippen molar-refractivity contribution < 1.29 is 36.3 Å². The van der Waals surface area contributed by atoms with E-state index < -0.39 is 16.6 Å². The van der Waals surface area contributed by atoms with Crippen LogP contribution in [-0.4, -0.2) is 93.5 Å². The predicted molar refractivity (Wildman–Crippen MR) is 93.7 cm³/mol. The van der Waals surface area contributed by atoms with Gasteiger partial charge in [-0.05, 0) is 13.0 Å². The predicted octanol–water partition coefficient (Wildman–Crippen LogP) is 0.684. The Kier molecular flexibility index (Phi) is 11.7. The number of quaternary nitrogens is 1. The first-order valence-electron chi connectivity index (χ1n) is 7.88. The molecule has 0 saturated carbocycles. The zero-order valence-electron chi connectivity index (χ0n) is 15.7. The van der Waals surface area contributed by atoms with E-state index in [0.717, 1.165) is 6.42 Å². The quantitative estimate of drug-likeness (QED) is 0.183. The van der Waals surface area contributed by atoms with E-state index in [1.165, 1.54) is 0 Å². The second-order valence-electron chi connectivity index (χ2n) is 6.30. The van der Waals surface area contributed by atoms with Crippen LogP contribution in [0.1, 0.15) is 6.42 Å². The zero-order chi connectivity index (χ0) is 18.7. The third kappa shape index (κ3) is 11.6. The second kappa shape index (κ2) is 11.7. The fourth-order valence-electron chi connectivity index (χ4n) is 1.81. The molecule has 0 saturated heterocycles. The standard InChI is InChI=1S/C13H33N2O7PSi/c1-15(2,3)10-12-22-23(16,17)21-11-9-14-8-7-13-24(18-4,19-5)20-6/h14H,7-13H2,1-6H3/p+1. The third-order valence-corrected chi connectivity index (χ3v) is 7.17. The minimum Gasteiger partial charge on any atom is -0.377 e. The molecule has 0 aliphatic rings. The number of likely N-dealkylation sites (N-methyl/N-ethyl adjacent to an activating group) is 1. The summed E-state index contributed by atoms with van der Waals surface area (Å²) in [6.45, 7) is 2.04. The van der Waals surface area contributed by atoms with Crippen molar-refractivity contribution in [2.24, 2.45) is 0 Å². The molecular formula is C13H34N2O7PSi+. The van der Waals surface area contributed by atoms with E-state index in [-0.39, 0.29) is 13.2 Å². The lowest BCUT2D eigenvalue weighted by atomic mass is 10.5. The molecule has 0 amide bonds. The van der Waals surface area contributed by atoms with E-state index in [1.807, 2.05) is 21.1 Å². The molecular weight excluding hydrogens is 355 g/mol. The molecule has 0 aromatic carbocycles. The van der Waals surface area contributed by atoms with Gasteiger partial charge in [0.1, 0.15) is 13.2 Å². The molecule has 0 aromatic rings. The van der Waals surface area contributed by atoms with Crippen LogP contribution in [0.15, 0.2) is 0 Å². The van der Waals surface area contributed by atoms with Crippen LogP contribution in [0.4, 0.5) is 0 Å². The summed E-state index contributed by atoms with van der Waals surface area (Å²) >= 11 is 0. The number of nitrogens with zero attached hydrogens (tertiary/aromatic N) is 1. The molecule has 0 aromatic heterocycles. The number of hydrogen-bond donors (Lipinski definition) is 2. The van der Waals surface area contributed by atoms with E-state index in [2.05, 4.69) is 5.32 Å². The monoisotopic (exact) mass is 389 g/mol. The Balaban J connectivity index is 3.76. The molecule has 0 rings (SSSR count). The summed E-state index contributed by atoms with van der Waals surface area (Å²) in [5.74, 6) is 0. The maximum Gasteiger partial charge on any atom is 0.500 e. The molecule has 0 radical (unpaired) electrons. The lowest BCUT2D eigenvalue weighted by Gasteiger charge is -2.24. The summed E-state index contributed by atoms with van der Waals surface area (Å²) in [6, 6.07) is 0.691. The Labute approximate surface area is 146 Å². The van der Waals surface area contributed by atoms with Crippen molar-refractivity contribution in [3.8, 4) is 0 Å². The summed E-state index contributed by atoms with van der Waals surface area (Å²) in [6.07, 6.45) is 0.804. The average Bonchev–Trinajstić information content (AvgIpc) is 2.49. The number of nitrogens with one attached hydrogen (secondary N) is 1. The van der Waals surface area contributed by atoms with Crippen molar-refractivity contribution in [3.63, 3.8) is 0 Å². The molecule has 0 spiro atoms. The first-order chi connectivity index (χ1) is 11.1. The van der Waals surface area contributed by atoms with Crippen molar-refractivity contribution in [3.05, 3.63) is 0 Å². The highest BCUT2D eigenvalue weighted by Gasteiger charge is 2.36. The van der Waals surface area contributed by atoms with Crippen molar-refractivity contribution in [1.82, 2.24) is 5.32 Å². The summed E-state index contributed by atoms with van der Waals surface area (Å²) < 4.78 is 38.1. The van der Waals surface area contributed by atoms with Gasteiger partial charge in [-0.3, -0.25) is 9.05 Å². The first-order valence-corrected chi connectivity index (χ1v) is 11.3. The van der Waals surface area contributed by atoms with Gasteiger partial charge < -0.3 is 28.0 Å². The molecule has 1 unspecified atom stereocenters. The first kappa shape index (κ1) is 24.1. The molecule has 9 nitrogen and oxygen atoms in total. The van der Waals surface area contributed by atoms with Gasteiger partial charge in [0.25, 0.3) is 0 Å². The Hall–Kier alpha value is 0.127. The van der Waals surface area contributed by atoms with Gasteiger partial charge in [0, 0.05) is 33.9 Å². The van der Waals surface area contributed by atoms with Crippen LogP contribution in [-0.2, 0) is 26.9 Å². The van der Waals surface area contributed by atoms with Gasteiger partial charge in [0.15, 0.2) is 0 Å². The highest BCUT2D eigenvalue weighted by Crippen LogP contribution is 2.42. The van der Waals surface area contributed by atoms with Gasteiger partial charge in [-0.25, -0.2) is 4.57 Å². The van der Waals surface area contributed by atoms with Crippen molar-refractivity contribution in [1.29, 1.82) is 0 Å². The number of hydrogen-bond acceptors (Lipinski definition) is 7. The van der Waals surface area contributed by atoms with Crippen LogP contribution in [0.3, 0.4) is 0 Å². The largest absolute Gasteiger partial charge is 0.500 e. The number of rotatable bonds is 15. The van der Waals surface area contributed by atoms with Crippen LogP contribution < -0.4 is 5.32 Å². The van der Waals surface area contributed by atoms with E-state index in [0.29, 0.717) is 30.2 Å². The fourth-order valence-corrected chi connectivity index (χ4v) is 4.24. The molecule has 11 heteroatoms. The van der Waals surface area contributed by atoms with Gasteiger partial charge >= 0.3 is 16.6 Å². The second-order valence-corrected chi connectivity index (χ2v) is 10.8.